The average Bonchev–Trinajstić information content (AvgIpc) is 2.57. The average molecular weight is 331 g/mol. The standard InChI is InChI=1S/C20H29NO3/c1-3-4-5-6-7-8-12-17-15(2)20(24)16-11-9-10-13-18(16)21(17)14-19(22)23/h9-11,13,19,22-23H,3-8,12,14H2,1-2H3. The van der Waals surface area contributed by atoms with Gasteiger partial charge in [0, 0.05) is 16.6 Å². The van der Waals surface area contributed by atoms with E-state index in [2.05, 4.69) is 6.92 Å². The molecular formula is C20H29NO3. The molecule has 0 spiro atoms. The van der Waals surface area contributed by atoms with Crippen molar-refractivity contribution < 1.29 is 10.2 Å². The molecule has 0 aliphatic heterocycles. The molecule has 0 unspecified atom stereocenters. The zero-order chi connectivity index (χ0) is 17.5. The van der Waals surface area contributed by atoms with E-state index in [0.29, 0.717) is 5.39 Å². The van der Waals surface area contributed by atoms with Crippen LogP contribution >= 0.6 is 0 Å². The zero-order valence-corrected chi connectivity index (χ0v) is 14.8. The first-order chi connectivity index (χ1) is 11.6. The summed E-state index contributed by atoms with van der Waals surface area (Å²) in [5.74, 6) is 0. The Morgan fingerprint density at radius 3 is 2.42 bits per heavy atom. The molecule has 24 heavy (non-hydrogen) atoms. The Labute approximate surface area is 143 Å². The molecule has 132 valence electrons. The van der Waals surface area contributed by atoms with Crippen LogP contribution in [0.3, 0.4) is 0 Å². The smallest absolute Gasteiger partial charge is 0.192 e. The normalized spacial score (nSPS) is 11.5. The number of hydrogen-bond acceptors (Lipinski definition) is 3. The minimum atomic E-state index is -1.43. The van der Waals surface area contributed by atoms with Gasteiger partial charge in [-0.3, -0.25) is 4.79 Å². The van der Waals surface area contributed by atoms with Gasteiger partial charge in [-0.15, -0.1) is 0 Å². The van der Waals surface area contributed by atoms with Crippen LogP contribution in [0.1, 0.15) is 56.7 Å². The number of aliphatic hydroxyl groups is 2. The van der Waals surface area contributed by atoms with Crippen LogP contribution in [0.25, 0.3) is 10.9 Å². The van der Waals surface area contributed by atoms with E-state index in [1.807, 2.05) is 29.7 Å². The van der Waals surface area contributed by atoms with Crippen LogP contribution in [0.5, 0.6) is 0 Å². The number of benzene rings is 1. The van der Waals surface area contributed by atoms with Crippen LogP contribution in [-0.4, -0.2) is 21.1 Å². The van der Waals surface area contributed by atoms with Gasteiger partial charge in [-0.1, -0.05) is 51.2 Å². The molecule has 4 nitrogen and oxygen atoms in total. The fourth-order valence-corrected chi connectivity index (χ4v) is 3.35. The van der Waals surface area contributed by atoms with E-state index in [1.54, 1.807) is 6.07 Å². The number of aliphatic hydroxyl groups excluding tert-OH is 1. The Balaban J connectivity index is 2.29. The minimum Gasteiger partial charge on any atom is -0.367 e. The van der Waals surface area contributed by atoms with Gasteiger partial charge in [0.05, 0.1) is 12.1 Å². The fraction of sp³-hybridized carbons (Fsp3) is 0.550. The molecule has 4 heteroatoms. The van der Waals surface area contributed by atoms with E-state index < -0.39 is 6.29 Å². The van der Waals surface area contributed by atoms with Gasteiger partial charge in [0.2, 0.25) is 0 Å². The van der Waals surface area contributed by atoms with Gasteiger partial charge in [0.25, 0.3) is 0 Å². The third kappa shape index (κ3) is 4.46. The Hall–Kier alpha value is -1.65. The van der Waals surface area contributed by atoms with Crippen LogP contribution in [0.4, 0.5) is 0 Å². The number of nitrogens with zero attached hydrogens (tertiary/aromatic N) is 1. The van der Waals surface area contributed by atoms with E-state index in [0.717, 1.165) is 36.0 Å². The molecule has 1 aromatic carbocycles. The highest BCUT2D eigenvalue weighted by Gasteiger charge is 2.15. The third-order valence-corrected chi connectivity index (χ3v) is 4.65. The van der Waals surface area contributed by atoms with E-state index >= 15 is 0 Å². The molecule has 1 heterocycles. The number of aromatic nitrogens is 1. The molecule has 0 atom stereocenters. The summed E-state index contributed by atoms with van der Waals surface area (Å²) in [5.41, 5.74) is 2.49. The third-order valence-electron chi connectivity index (χ3n) is 4.65. The molecule has 0 amide bonds. The highest BCUT2D eigenvalue weighted by atomic mass is 16.5. The van der Waals surface area contributed by atoms with Crippen molar-refractivity contribution in [1.29, 1.82) is 0 Å². The van der Waals surface area contributed by atoms with Crippen LogP contribution < -0.4 is 5.43 Å². The predicted molar refractivity (Wildman–Crippen MR) is 98.3 cm³/mol. The molecule has 0 radical (unpaired) electrons. The molecule has 0 fully saturated rings. The van der Waals surface area contributed by atoms with Crippen molar-refractivity contribution in [2.75, 3.05) is 0 Å². The Morgan fingerprint density at radius 1 is 1.04 bits per heavy atom. The zero-order valence-electron chi connectivity index (χ0n) is 14.8. The topological polar surface area (TPSA) is 62.5 Å². The fourth-order valence-electron chi connectivity index (χ4n) is 3.35. The molecule has 0 aliphatic rings. The van der Waals surface area contributed by atoms with Crippen molar-refractivity contribution in [1.82, 2.24) is 4.57 Å². The maximum atomic E-state index is 12.6. The van der Waals surface area contributed by atoms with Crippen LogP contribution in [0, 0.1) is 6.92 Å². The molecule has 0 saturated heterocycles. The van der Waals surface area contributed by atoms with Crippen LogP contribution in [0.15, 0.2) is 29.1 Å². The summed E-state index contributed by atoms with van der Waals surface area (Å²) >= 11 is 0. The van der Waals surface area contributed by atoms with Gasteiger partial charge < -0.3 is 14.8 Å². The Bertz CT molecular complexity index is 719. The summed E-state index contributed by atoms with van der Waals surface area (Å²) in [6, 6.07) is 7.41. The van der Waals surface area contributed by atoms with E-state index in [-0.39, 0.29) is 12.0 Å². The second-order valence-corrected chi connectivity index (χ2v) is 6.53. The first-order valence-corrected chi connectivity index (χ1v) is 9.03. The first-order valence-electron chi connectivity index (χ1n) is 9.03. The summed E-state index contributed by atoms with van der Waals surface area (Å²) in [6.45, 7) is 4.14. The van der Waals surface area contributed by atoms with Crippen molar-refractivity contribution in [2.45, 2.75) is 71.6 Å². The number of para-hydroxylation sites is 1. The SMILES string of the molecule is CCCCCCCCc1c(C)c(=O)c2ccccc2n1CC(O)O. The number of rotatable bonds is 9. The van der Waals surface area contributed by atoms with E-state index in [9.17, 15) is 15.0 Å². The summed E-state index contributed by atoms with van der Waals surface area (Å²) in [5, 5.41) is 19.6. The monoisotopic (exact) mass is 331 g/mol. The van der Waals surface area contributed by atoms with Gasteiger partial charge in [-0.25, -0.2) is 0 Å². The first kappa shape index (κ1) is 18.7. The lowest BCUT2D eigenvalue weighted by molar-refractivity contribution is -0.0510. The Kier molecular flexibility index (Phi) is 7.00. The molecule has 0 saturated carbocycles. The van der Waals surface area contributed by atoms with Crippen molar-refractivity contribution in [3.8, 4) is 0 Å². The van der Waals surface area contributed by atoms with Crippen molar-refractivity contribution in [3.05, 3.63) is 45.7 Å². The van der Waals surface area contributed by atoms with Crippen LogP contribution in [-0.2, 0) is 13.0 Å². The van der Waals surface area contributed by atoms with Gasteiger partial charge in [0.1, 0.15) is 0 Å². The summed E-state index contributed by atoms with van der Waals surface area (Å²) < 4.78 is 1.91. The van der Waals surface area contributed by atoms with Crippen molar-refractivity contribution in [3.63, 3.8) is 0 Å². The van der Waals surface area contributed by atoms with Gasteiger partial charge >= 0.3 is 0 Å². The van der Waals surface area contributed by atoms with Crippen molar-refractivity contribution >= 4 is 10.9 Å². The number of pyridine rings is 1. The van der Waals surface area contributed by atoms with Gasteiger partial charge in [-0.05, 0) is 31.9 Å². The quantitative estimate of drug-likeness (QED) is 0.546. The number of hydrogen-bond donors (Lipinski definition) is 2. The lowest BCUT2D eigenvalue weighted by Crippen LogP contribution is -2.24. The second kappa shape index (κ2) is 9.00. The summed E-state index contributed by atoms with van der Waals surface area (Å²) in [4.78, 5) is 12.6. The summed E-state index contributed by atoms with van der Waals surface area (Å²) in [7, 11) is 0. The maximum Gasteiger partial charge on any atom is 0.192 e. The molecule has 2 aromatic rings. The highest BCUT2D eigenvalue weighted by Crippen LogP contribution is 2.19. The highest BCUT2D eigenvalue weighted by molar-refractivity contribution is 5.80. The molecule has 1 aromatic heterocycles. The summed E-state index contributed by atoms with van der Waals surface area (Å²) in [6.07, 6.45) is 6.51. The Morgan fingerprint density at radius 2 is 1.71 bits per heavy atom. The van der Waals surface area contributed by atoms with E-state index in [1.165, 1.54) is 25.7 Å². The molecule has 0 bridgehead atoms. The predicted octanol–water partition coefficient (Wildman–Crippen LogP) is 3.52. The van der Waals surface area contributed by atoms with Gasteiger partial charge in [-0.2, -0.15) is 0 Å². The molecular weight excluding hydrogens is 302 g/mol. The lowest BCUT2D eigenvalue weighted by atomic mass is 10.0. The second-order valence-electron chi connectivity index (χ2n) is 6.53. The number of unbranched alkanes of at least 4 members (excludes halogenated alkanes) is 5. The molecule has 2 rings (SSSR count). The maximum absolute atomic E-state index is 12.6. The van der Waals surface area contributed by atoms with Gasteiger partial charge in [0.15, 0.2) is 11.7 Å². The van der Waals surface area contributed by atoms with Crippen molar-refractivity contribution in [2.24, 2.45) is 0 Å². The largest absolute Gasteiger partial charge is 0.367 e. The molecule has 0 aliphatic carbocycles. The molecule has 2 N–H and O–H groups in total. The lowest BCUT2D eigenvalue weighted by Gasteiger charge is -2.20. The van der Waals surface area contributed by atoms with Crippen LogP contribution in [0.2, 0.25) is 0 Å². The van der Waals surface area contributed by atoms with E-state index in [4.69, 9.17) is 0 Å². The minimum absolute atomic E-state index is 0.0512. The number of fused-ring (bicyclic) bond motifs is 1.